The summed E-state index contributed by atoms with van der Waals surface area (Å²) in [6, 6.07) is 13.0. The minimum Gasteiger partial charge on any atom is -0.467 e. The van der Waals surface area contributed by atoms with Gasteiger partial charge in [0.15, 0.2) is 5.82 Å². The lowest BCUT2D eigenvalue weighted by Crippen LogP contribution is -2.36. The topological polar surface area (TPSA) is 95.2 Å². The van der Waals surface area contributed by atoms with Gasteiger partial charge in [-0.1, -0.05) is 36.9 Å². The van der Waals surface area contributed by atoms with E-state index in [2.05, 4.69) is 27.6 Å². The maximum atomic E-state index is 16.1. The van der Waals surface area contributed by atoms with E-state index >= 15 is 4.39 Å². The van der Waals surface area contributed by atoms with Crippen LogP contribution in [0.5, 0.6) is 6.01 Å². The molecule has 36 heavy (non-hydrogen) atoms. The first-order valence-electron chi connectivity index (χ1n) is 11.4. The molecule has 1 aliphatic rings. The Kier molecular flexibility index (Phi) is 5.94. The van der Waals surface area contributed by atoms with E-state index in [-0.39, 0.29) is 29.2 Å². The molecule has 1 atom stereocenters. The first-order chi connectivity index (χ1) is 17.5. The molecule has 2 aromatic carbocycles. The quantitative estimate of drug-likeness (QED) is 0.396. The van der Waals surface area contributed by atoms with Gasteiger partial charge in [0.1, 0.15) is 17.0 Å². The van der Waals surface area contributed by atoms with E-state index < -0.39 is 5.82 Å². The number of methoxy groups -OCH3 is 1. The predicted octanol–water partition coefficient (Wildman–Crippen LogP) is 4.09. The molecule has 1 unspecified atom stereocenters. The van der Waals surface area contributed by atoms with E-state index in [1.165, 1.54) is 13.2 Å². The fourth-order valence-electron chi connectivity index (χ4n) is 4.76. The maximum Gasteiger partial charge on any atom is 0.318 e. The highest BCUT2D eigenvalue weighted by atomic mass is 19.1. The molecule has 3 heterocycles. The van der Waals surface area contributed by atoms with Gasteiger partial charge in [-0.2, -0.15) is 15.2 Å². The van der Waals surface area contributed by atoms with Crippen LogP contribution in [0.1, 0.15) is 12.0 Å². The van der Waals surface area contributed by atoms with Crippen LogP contribution in [-0.2, 0) is 4.79 Å². The lowest BCUT2D eigenvalue weighted by atomic mass is 9.97. The number of ether oxygens (including phenoxy) is 1. The van der Waals surface area contributed by atoms with Crippen LogP contribution in [0.4, 0.5) is 10.2 Å². The highest BCUT2D eigenvalue weighted by Crippen LogP contribution is 2.36. The third-order valence-corrected chi connectivity index (χ3v) is 6.64. The molecule has 0 N–H and O–H groups in total. The van der Waals surface area contributed by atoms with Crippen LogP contribution in [0.15, 0.2) is 55.3 Å². The number of carbonyl (C=O) groups excluding carboxylic acids is 1. The van der Waals surface area contributed by atoms with Gasteiger partial charge in [-0.3, -0.25) is 9.78 Å². The summed E-state index contributed by atoms with van der Waals surface area (Å²) in [5.74, 6) is -0.290. The summed E-state index contributed by atoms with van der Waals surface area (Å²) in [7, 11) is 3.28. The number of likely N-dealkylation sites (N-methyl/N-ethyl adjacent to an activating group) is 1. The van der Waals surface area contributed by atoms with E-state index in [4.69, 9.17) is 4.74 Å². The molecule has 1 amide bonds. The van der Waals surface area contributed by atoms with Gasteiger partial charge in [-0.15, -0.1) is 0 Å². The number of halogens is 1. The molecule has 4 aromatic rings. The van der Waals surface area contributed by atoms with Gasteiger partial charge in [-0.05, 0) is 23.9 Å². The molecule has 2 aromatic heterocycles. The number of fused-ring (bicyclic) bond motifs is 2. The second-order valence-electron chi connectivity index (χ2n) is 8.58. The monoisotopic (exact) mass is 482 g/mol. The van der Waals surface area contributed by atoms with E-state index in [0.717, 1.165) is 11.8 Å². The van der Waals surface area contributed by atoms with Gasteiger partial charge >= 0.3 is 6.01 Å². The Morgan fingerprint density at radius 1 is 1.31 bits per heavy atom. The average molecular weight is 483 g/mol. The van der Waals surface area contributed by atoms with Crippen molar-refractivity contribution in [2.24, 2.45) is 0 Å². The summed E-state index contributed by atoms with van der Waals surface area (Å²) < 4.78 is 21.4. The molecule has 0 radical (unpaired) electrons. The smallest absolute Gasteiger partial charge is 0.318 e. The molecule has 0 bridgehead atoms. The van der Waals surface area contributed by atoms with E-state index in [9.17, 15) is 10.1 Å². The minimum absolute atomic E-state index is 0.0213. The van der Waals surface area contributed by atoms with Crippen LogP contribution < -0.4 is 9.64 Å². The van der Waals surface area contributed by atoms with Crippen molar-refractivity contribution < 1.29 is 13.9 Å². The summed E-state index contributed by atoms with van der Waals surface area (Å²) in [6.45, 7) is 4.65. The van der Waals surface area contributed by atoms with Crippen molar-refractivity contribution >= 4 is 33.4 Å². The second-order valence-corrected chi connectivity index (χ2v) is 8.58. The Hall–Kier alpha value is -4.58. The second kappa shape index (κ2) is 9.23. The third kappa shape index (κ3) is 3.77. The summed E-state index contributed by atoms with van der Waals surface area (Å²) in [5, 5.41) is 11.5. The van der Waals surface area contributed by atoms with Crippen molar-refractivity contribution in [1.82, 2.24) is 19.9 Å². The number of hydrogen-bond donors (Lipinski definition) is 0. The number of likely N-dealkylation sites (tertiary alicyclic amines) is 1. The Morgan fingerprint density at radius 3 is 2.81 bits per heavy atom. The summed E-state index contributed by atoms with van der Waals surface area (Å²) in [4.78, 5) is 29.0. The molecule has 8 nitrogen and oxygen atoms in total. The average Bonchev–Trinajstić information content (AvgIpc) is 3.42. The molecular formula is C27H23FN6O2. The number of carbonyl (C=O) groups is 1. The summed E-state index contributed by atoms with van der Waals surface area (Å²) in [6.07, 6.45) is 3.58. The van der Waals surface area contributed by atoms with Crippen molar-refractivity contribution in [3.8, 4) is 23.3 Å². The number of nitrogens with zero attached hydrogens (tertiary/aromatic N) is 6. The first kappa shape index (κ1) is 23.2. The van der Waals surface area contributed by atoms with Gasteiger partial charge in [0.05, 0.1) is 24.1 Å². The zero-order valence-electron chi connectivity index (χ0n) is 19.9. The predicted molar refractivity (Wildman–Crippen MR) is 135 cm³/mol. The van der Waals surface area contributed by atoms with Gasteiger partial charge in [0.2, 0.25) is 5.91 Å². The molecule has 9 heteroatoms. The molecule has 1 fully saturated rings. The Balaban J connectivity index is 1.65. The standard InChI is InChI=1S/C27H23FN6O2/c1-4-21(35)34-12-11-18(15-34)33(2)26-20-14-30-24(23(28)25(20)31-27(32-26)36-3)19-10-6-8-16-7-5-9-17(13-29)22(16)19/h4-10,14,18H,1,11-12,15H2,2-3H3. The fourth-order valence-corrected chi connectivity index (χ4v) is 4.76. The van der Waals surface area contributed by atoms with Gasteiger partial charge in [-0.25, -0.2) is 4.39 Å². The van der Waals surface area contributed by atoms with Crippen LogP contribution in [0.3, 0.4) is 0 Å². The highest BCUT2D eigenvalue weighted by Gasteiger charge is 2.30. The fraction of sp³-hybridized carbons (Fsp3) is 0.222. The molecular weight excluding hydrogens is 459 g/mol. The molecule has 0 saturated carbocycles. The Bertz CT molecular complexity index is 1560. The van der Waals surface area contributed by atoms with E-state index in [0.29, 0.717) is 40.8 Å². The lowest BCUT2D eigenvalue weighted by molar-refractivity contribution is -0.125. The van der Waals surface area contributed by atoms with Gasteiger partial charge in [0.25, 0.3) is 0 Å². The molecule has 1 aliphatic heterocycles. The zero-order valence-corrected chi connectivity index (χ0v) is 19.9. The molecule has 5 rings (SSSR count). The van der Waals surface area contributed by atoms with Crippen molar-refractivity contribution in [3.63, 3.8) is 0 Å². The lowest BCUT2D eigenvalue weighted by Gasteiger charge is -2.27. The van der Waals surface area contributed by atoms with Crippen molar-refractivity contribution in [2.45, 2.75) is 12.5 Å². The van der Waals surface area contributed by atoms with Crippen LogP contribution >= 0.6 is 0 Å². The van der Waals surface area contributed by atoms with Crippen LogP contribution in [0.2, 0.25) is 0 Å². The number of aromatic nitrogens is 3. The number of pyridine rings is 1. The summed E-state index contributed by atoms with van der Waals surface area (Å²) in [5.41, 5.74) is 1.10. The Labute approximate surface area is 207 Å². The van der Waals surface area contributed by atoms with Crippen molar-refractivity contribution in [3.05, 3.63) is 66.6 Å². The van der Waals surface area contributed by atoms with E-state index in [1.54, 1.807) is 35.4 Å². The number of amides is 1. The highest BCUT2D eigenvalue weighted by molar-refractivity contribution is 6.01. The minimum atomic E-state index is -0.627. The molecule has 1 saturated heterocycles. The molecule has 180 valence electrons. The van der Waals surface area contributed by atoms with Crippen LogP contribution in [0, 0.1) is 17.1 Å². The van der Waals surface area contributed by atoms with Gasteiger partial charge in [0, 0.05) is 43.3 Å². The number of benzene rings is 2. The largest absolute Gasteiger partial charge is 0.467 e. The van der Waals surface area contributed by atoms with Crippen molar-refractivity contribution in [1.29, 1.82) is 5.26 Å². The number of hydrogen-bond acceptors (Lipinski definition) is 7. The SMILES string of the molecule is C=CC(=O)N1CCC(N(C)c2nc(OC)nc3c(F)c(-c4cccc5cccc(C#N)c45)ncc23)C1. The van der Waals surface area contributed by atoms with Gasteiger partial charge < -0.3 is 14.5 Å². The van der Waals surface area contributed by atoms with Crippen molar-refractivity contribution in [2.75, 3.05) is 32.1 Å². The number of anilines is 1. The number of nitriles is 1. The Morgan fingerprint density at radius 2 is 2.08 bits per heavy atom. The molecule has 0 aliphatic carbocycles. The van der Waals surface area contributed by atoms with Crippen LogP contribution in [0.25, 0.3) is 32.9 Å². The molecule has 0 spiro atoms. The van der Waals surface area contributed by atoms with Crippen LogP contribution in [-0.4, -0.2) is 59.0 Å². The van der Waals surface area contributed by atoms with E-state index in [1.807, 2.05) is 24.1 Å². The summed E-state index contributed by atoms with van der Waals surface area (Å²) >= 11 is 0. The number of rotatable bonds is 5. The first-order valence-corrected chi connectivity index (χ1v) is 11.4. The normalized spacial score (nSPS) is 15.2. The zero-order chi connectivity index (χ0) is 25.4. The third-order valence-electron chi connectivity index (χ3n) is 6.64. The maximum absolute atomic E-state index is 16.1.